The van der Waals surface area contributed by atoms with Crippen molar-refractivity contribution in [1.82, 2.24) is 5.43 Å². The Labute approximate surface area is 152 Å². The summed E-state index contributed by atoms with van der Waals surface area (Å²) in [6, 6.07) is 13.2. The molecule has 136 valence electrons. The van der Waals surface area contributed by atoms with Gasteiger partial charge in [-0.15, -0.1) is 0 Å². The number of benzene rings is 2. The highest BCUT2D eigenvalue weighted by Crippen LogP contribution is 2.32. The van der Waals surface area contributed by atoms with E-state index in [0.717, 1.165) is 11.1 Å². The number of nitrogens with zero attached hydrogens (tertiary/aromatic N) is 1. The Hall–Kier alpha value is -3.02. The van der Waals surface area contributed by atoms with Gasteiger partial charge >= 0.3 is 0 Å². The standard InChI is InChI=1S/C20H22N2O4/c1-20(2,3)15-6-4-5-7-16(15)24-12-19(23)22-21-11-14-8-9-17-18(10-14)26-13-25-17/h4-11H,12-13H2,1-3H3,(H,22,23)/b21-11+. The Morgan fingerprint density at radius 1 is 1.19 bits per heavy atom. The molecular formula is C20H22N2O4. The number of carbonyl (C=O) groups is 1. The summed E-state index contributed by atoms with van der Waals surface area (Å²) >= 11 is 0. The van der Waals surface area contributed by atoms with Crippen molar-refractivity contribution in [3.8, 4) is 17.2 Å². The first kappa shape index (κ1) is 17.8. The fourth-order valence-electron chi connectivity index (χ4n) is 2.56. The second kappa shape index (κ2) is 7.47. The van der Waals surface area contributed by atoms with Crippen LogP contribution in [0.1, 0.15) is 31.9 Å². The third-order valence-corrected chi connectivity index (χ3v) is 3.85. The molecule has 6 heteroatoms. The van der Waals surface area contributed by atoms with Gasteiger partial charge < -0.3 is 14.2 Å². The number of ether oxygens (including phenoxy) is 3. The second-order valence-corrected chi connectivity index (χ2v) is 6.94. The van der Waals surface area contributed by atoms with E-state index < -0.39 is 0 Å². The summed E-state index contributed by atoms with van der Waals surface area (Å²) in [6.07, 6.45) is 1.54. The van der Waals surface area contributed by atoms with Gasteiger partial charge in [-0.1, -0.05) is 39.0 Å². The van der Waals surface area contributed by atoms with Crippen LogP contribution < -0.4 is 19.6 Å². The lowest BCUT2D eigenvalue weighted by atomic mass is 9.86. The average Bonchev–Trinajstić information content (AvgIpc) is 3.07. The Balaban J connectivity index is 1.54. The second-order valence-electron chi connectivity index (χ2n) is 6.94. The number of para-hydroxylation sites is 1. The van der Waals surface area contributed by atoms with Crippen molar-refractivity contribution in [2.24, 2.45) is 5.10 Å². The van der Waals surface area contributed by atoms with E-state index in [1.165, 1.54) is 0 Å². The molecule has 0 unspecified atom stereocenters. The molecule has 0 saturated heterocycles. The van der Waals surface area contributed by atoms with Crippen LogP contribution in [0.15, 0.2) is 47.6 Å². The number of fused-ring (bicyclic) bond motifs is 1. The smallest absolute Gasteiger partial charge is 0.277 e. The molecule has 1 heterocycles. The van der Waals surface area contributed by atoms with E-state index >= 15 is 0 Å². The topological polar surface area (TPSA) is 69.2 Å². The predicted molar refractivity (Wildman–Crippen MR) is 98.9 cm³/mol. The lowest BCUT2D eigenvalue weighted by Crippen LogP contribution is -2.25. The van der Waals surface area contributed by atoms with Gasteiger partial charge in [-0.2, -0.15) is 5.10 Å². The number of nitrogens with one attached hydrogen (secondary N) is 1. The predicted octanol–water partition coefficient (Wildman–Crippen LogP) is 3.24. The summed E-state index contributed by atoms with van der Waals surface area (Å²) in [5, 5.41) is 3.95. The maximum atomic E-state index is 12.0. The van der Waals surface area contributed by atoms with E-state index in [-0.39, 0.29) is 24.7 Å². The van der Waals surface area contributed by atoms with Crippen LogP contribution in [0.5, 0.6) is 17.2 Å². The summed E-state index contributed by atoms with van der Waals surface area (Å²) in [5.41, 5.74) is 4.25. The molecule has 0 spiro atoms. The highest BCUT2D eigenvalue weighted by atomic mass is 16.7. The van der Waals surface area contributed by atoms with Crippen molar-refractivity contribution in [2.75, 3.05) is 13.4 Å². The lowest BCUT2D eigenvalue weighted by molar-refractivity contribution is -0.123. The molecule has 1 N–H and O–H groups in total. The first-order chi connectivity index (χ1) is 12.4. The Morgan fingerprint density at radius 3 is 2.77 bits per heavy atom. The molecule has 0 aromatic heterocycles. The largest absolute Gasteiger partial charge is 0.483 e. The first-order valence-corrected chi connectivity index (χ1v) is 8.37. The van der Waals surface area contributed by atoms with Crippen LogP contribution >= 0.6 is 0 Å². The van der Waals surface area contributed by atoms with Gasteiger partial charge in [0.15, 0.2) is 18.1 Å². The SMILES string of the molecule is CC(C)(C)c1ccccc1OCC(=O)N/N=C/c1ccc2c(c1)OCO2. The number of carbonyl (C=O) groups excluding carboxylic acids is 1. The molecule has 3 rings (SSSR count). The zero-order chi connectivity index (χ0) is 18.6. The van der Waals surface area contributed by atoms with Gasteiger partial charge in [0.25, 0.3) is 5.91 Å². The van der Waals surface area contributed by atoms with Crippen LogP contribution in [0.3, 0.4) is 0 Å². The van der Waals surface area contributed by atoms with E-state index in [2.05, 4.69) is 31.3 Å². The van der Waals surface area contributed by atoms with Crippen molar-refractivity contribution in [1.29, 1.82) is 0 Å². The fourth-order valence-corrected chi connectivity index (χ4v) is 2.56. The highest BCUT2D eigenvalue weighted by Gasteiger charge is 2.18. The first-order valence-electron chi connectivity index (χ1n) is 8.37. The van der Waals surface area contributed by atoms with Crippen LogP contribution in [0.25, 0.3) is 0 Å². The molecule has 0 radical (unpaired) electrons. The molecule has 0 saturated carbocycles. The minimum Gasteiger partial charge on any atom is -0.483 e. The Morgan fingerprint density at radius 2 is 1.96 bits per heavy atom. The fraction of sp³-hybridized carbons (Fsp3) is 0.300. The van der Waals surface area contributed by atoms with Crippen molar-refractivity contribution in [2.45, 2.75) is 26.2 Å². The van der Waals surface area contributed by atoms with Gasteiger partial charge in [-0.05, 0) is 40.8 Å². The van der Waals surface area contributed by atoms with Gasteiger partial charge in [-0.3, -0.25) is 4.79 Å². The molecule has 0 bridgehead atoms. The number of hydrogen-bond donors (Lipinski definition) is 1. The van der Waals surface area contributed by atoms with Crippen LogP contribution in [0.4, 0.5) is 0 Å². The number of rotatable bonds is 5. The maximum Gasteiger partial charge on any atom is 0.277 e. The minimum atomic E-state index is -0.328. The van der Waals surface area contributed by atoms with E-state index in [9.17, 15) is 4.79 Å². The van der Waals surface area contributed by atoms with Gasteiger partial charge in [0, 0.05) is 0 Å². The monoisotopic (exact) mass is 354 g/mol. The van der Waals surface area contributed by atoms with E-state index in [4.69, 9.17) is 14.2 Å². The van der Waals surface area contributed by atoms with Crippen LogP contribution in [0.2, 0.25) is 0 Å². The van der Waals surface area contributed by atoms with Crippen molar-refractivity contribution < 1.29 is 19.0 Å². The molecule has 26 heavy (non-hydrogen) atoms. The van der Waals surface area contributed by atoms with Crippen LogP contribution in [-0.2, 0) is 10.2 Å². The Bertz CT molecular complexity index is 825. The van der Waals surface area contributed by atoms with Gasteiger partial charge in [0.1, 0.15) is 5.75 Å². The third kappa shape index (κ3) is 4.33. The van der Waals surface area contributed by atoms with E-state index in [0.29, 0.717) is 17.2 Å². The highest BCUT2D eigenvalue weighted by molar-refractivity contribution is 5.83. The number of hydrogen-bond acceptors (Lipinski definition) is 5. The minimum absolute atomic E-state index is 0.0649. The quantitative estimate of drug-likeness (QED) is 0.661. The normalized spacial score (nSPS) is 13.0. The van der Waals surface area contributed by atoms with Gasteiger partial charge in [-0.25, -0.2) is 5.43 Å². The number of hydrazone groups is 1. The summed E-state index contributed by atoms with van der Waals surface area (Å²) in [6.45, 7) is 6.42. The van der Waals surface area contributed by atoms with Gasteiger partial charge in [0.2, 0.25) is 6.79 Å². The van der Waals surface area contributed by atoms with Crippen LogP contribution in [0, 0.1) is 0 Å². The Kier molecular flexibility index (Phi) is 5.11. The van der Waals surface area contributed by atoms with Crippen molar-refractivity contribution in [3.63, 3.8) is 0 Å². The third-order valence-electron chi connectivity index (χ3n) is 3.85. The molecule has 2 aromatic rings. The maximum absolute atomic E-state index is 12.0. The molecule has 0 atom stereocenters. The molecule has 0 aliphatic carbocycles. The van der Waals surface area contributed by atoms with Crippen molar-refractivity contribution in [3.05, 3.63) is 53.6 Å². The molecule has 0 fully saturated rings. The summed E-state index contributed by atoms with van der Waals surface area (Å²) in [4.78, 5) is 12.0. The summed E-state index contributed by atoms with van der Waals surface area (Å²) in [7, 11) is 0. The number of amides is 1. The molecule has 1 amide bonds. The zero-order valence-electron chi connectivity index (χ0n) is 15.1. The molecule has 1 aliphatic heterocycles. The summed E-state index contributed by atoms with van der Waals surface area (Å²) in [5.74, 6) is 1.75. The van der Waals surface area contributed by atoms with E-state index in [1.807, 2.05) is 30.3 Å². The van der Waals surface area contributed by atoms with Crippen molar-refractivity contribution >= 4 is 12.1 Å². The lowest BCUT2D eigenvalue weighted by Gasteiger charge is -2.22. The zero-order valence-corrected chi connectivity index (χ0v) is 15.1. The molecule has 2 aromatic carbocycles. The summed E-state index contributed by atoms with van der Waals surface area (Å²) < 4.78 is 16.2. The molecule has 6 nitrogen and oxygen atoms in total. The average molecular weight is 354 g/mol. The van der Waals surface area contributed by atoms with Gasteiger partial charge in [0.05, 0.1) is 6.21 Å². The molecular weight excluding hydrogens is 332 g/mol. The van der Waals surface area contributed by atoms with Crippen LogP contribution in [-0.4, -0.2) is 25.5 Å². The van der Waals surface area contributed by atoms with E-state index in [1.54, 1.807) is 18.3 Å². The molecule has 1 aliphatic rings.